The molecule has 1 amide bonds. The molecule has 4 heteroatoms. The number of carbonyl (C=O) groups excluding carboxylic acids is 1. The van der Waals surface area contributed by atoms with Crippen molar-refractivity contribution >= 4 is 5.91 Å². The molecule has 15 heavy (non-hydrogen) atoms. The van der Waals surface area contributed by atoms with E-state index in [9.17, 15) is 4.79 Å². The molecule has 4 nitrogen and oxygen atoms in total. The number of nitrogens with one attached hydrogen (secondary N) is 1. The quantitative estimate of drug-likeness (QED) is 0.783. The normalized spacial score (nSPS) is 20.9. The summed E-state index contributed by atoms with van der Waals surface area (Å²) >= 11 is 0. The van der Waals surface area contributed by atoms with Crippen molar-refractivity contribution in [3.63, 3.8) is 0 Å². The average molecular weight is 207 g/mol. The van der Waals surface area contributed by atoms with Crippen molar-refractivity contribution < 1.29 is 14.3 Å². The molecule has 0 radical (unpaired) electrons. The van der Waals surface area contributed by atoms with Crippen molar-refractivity contribution in [2.75, 3.05) is 20.3 Å². The summed E-state index contributed by atoms with van der Waals surface area (Å²) in [5, 5.41) is 2.76. The Balaban J connectivity index is 2.18. The van der Waals surface area contributed by atoms with Gasteiger partial charge in [-0.3, -0.25) is 4.79 Å². The van der Waals surface area contributed by atoms with E-state index < -0.39 is 0 Å². The lowest BCUT2D eigenvalue weighted by Gasteiger charge is -2.24. The molecule has 1 aromatic rings. The van der Waals surface area contributed by atoms with E-state index in [0.29, 0.717) is 6.54 Å². The zero-order valence-electron chi connectivity index (χ0n) is 8.53. The smallest absolute Gasteiger partial charge is 0.246 e. The second-order valence-corrected chi connectivity index (χ2v) is 3.35. The first-order chi connectivity index (χ1) is 7.31. The van der Waals surface area contributed by atoms with Crippen molar-refractivity contribution in [1.82, 2.24) is 5.32 Å². The number of morpholine rings is 1. The summed E-state index contributed by atoms with van der Waals surface area (Å²) in [6.45, 7) is 0.613. The van der Waals surface area contributed by atoms with Crippen molar-refractivity contribution in [3.05, 3.63) is 29.8 Å². The fraction of sp³-hybridized carbons (Fsp3) is 0.364. The van der Waals surface area contributed by atoms with Crippen LogP contribution in [0.1, 0.15) is 11.7 Å². The predicted molar refractivity (Wildman–Crippen MR) is 54.7 cm³/mol. The summed E-state index contributed by atoms with van der Waals surface area (Å²) in [6, 6.07) is 7.66. The van der Waals surface area contributed by atoms with Crippen molar-refractivity contribution in [3.8, 4) is 5.75 Å². The molecule has 0 spiro atoms. The van der Waals surface area contributed by atoms with Gasteiger partial charge in [0, 0.05) is 12.1 Å². The lowest BCUT2D eigenvalue weighted by Crippen LogP contribution is -2.38. The van der Waals surface area contributed by atoms with E-state index in [1.165, 1.54) is 0 Å². The van der Waals surface area contributed by atoms with Crippen molar-refractivity contribution in [2.45, 2.75) is 6.10 Å². The van der Waals surface area contributed by atoms with Gasteiger partial charge in [0.05, 0.1) is 7.11 Å². The van der Waals surface area contributed by atoms with Crippen molar-refractivity contribution in [2.24, 2.45) is 0 Å². The molecule has 1 heterocycles. The van der Waals surface area contributed by atoms with E-state index in [0.717, 1.165) is 11.3 Å². The van der Waals surface area contributed by atoms with Gasteiger partial charge in [-0.05, 0) is 6.07 Å². The van der Waals surface area contributed by atoms with Crippen LogP contribution in [0.15, 0.2) is 24.3 Å². The molecule has 0 bridgehead atoms. The summed E-state index contributed by atoms with van der Waals surface area (Å²) < 4.78 is 10.7. The zero-order valence-corrected chi connectivity index (χ0v) is 8.53. The third kappa shape index (κ3) is 2.10. The number of carbonyl (C=O) groups is 1. The fourth-order valence-electron chi connectivity index (χ4n) is 1.62. The van der Waals surface area contributed by atoms with Gasteiger partial charge in [-0.25, -0.2) is 0 Å². The number of amides is 1. The van der Waals surface area contributed by atoms with Gasteiger partial charge in [0.1, 0.15) is 18.5 Å². The van der Waals surface area contributed by atoms with Crippen LogP contribution < -0.4 is 10.1 Å². The molecule has 0 aromatic heterocycles. The largest absolute Gasteiger partial charge is 0.496 e. The number of hydrogen-bond donors (Lipinski definition) is 1. The van der Waals surface area contributed by atoms with Gasteiger partial charge in [-0.2, -0.15) is 0 Å². The van der Waals surface area contributed by atoms with E-state index in [-0.39, 0.29) is 18.6 Å². The molecule has 1 N–H and O–H groups in total. The van der Waals surface area contributed by atoms with Gasteiger partial charge in [-0.1, -0.05) is 18.2 Å². The first-order valence-corrected chi connectivity index (χ1v) is 4.82. The Morgan fingerprint density at radius 2 is 2.27 bits per heavy atom. The molecule has 1 fully saturated rings. The van der Waals surface area contributed by atoms with Crippen molar-refractivity contribution in [1.29, 1.82) is 0 Å². The summed E-state index contributed by atoms with van der Waals surface area (Å²) in [7, 11) is 1.63. The zero-order chi connectivity index (χ0) is 10.7. The van der Waals surface area contributed by atoms with Gasteiger partial charge in [0.2, 0.25) is 5.91 Å². The van der Waals surface area contributed by atoms with Crippen LogP contribution >= 0.6 is 0 Å². The molecule has 1 atom stereocenters. The van der Waals surface area contributed by atoms with Crippen LogP contribution in [0.25, 0.3) is 0 Å². The second kappa shape index (κ2) is 4.31. The van der Waals surface area contributed by atoms with Gasteiger partial charge >= 0.3 is 0 Å². The Morgan fingerprint density at radius 3 is 2.93 bits per heavy atom. The molecule has 80 valence electrons. The van der Waals surface area contributed by atoms with Crippen LogP contribution in [-0.2, 0) is 9.53 Å². The maximum atomic E-state index is 10.9. The monoisotopic (exact) mass is 207 g/mol. The Bertz CT molecular complexity index is 355. The highest BCUT2D eigenvalue weighted by atomic mass is 16.5. The number of hydrogen-bond acceptors (Lipinski definition) is 3. The highest BCUT2D eigenvalue weighted by Crippen LogP contribution is 2.27. The molecule has 0 aliphatic carbocycles. The summed E-state index contributed by atoms with van der Waals surface area (Å²) in [5.74, 6) is 0.722. The predicted octanol–water partition coefficient (Wildman–Crippen LogP) is 0.883. The van der Waals surface area contributed by atoms with Crippen LogP contribution in [0.5, 0.6) is 5.75 Å². The average Bonchev–Trinajstić information content (AvgIpc) is 2.30. The van der Waals surface area contributed by atoms with E-state index >= 15 is 0 Å². The van der Waals surface area contributed by atoms with E-state index in [4.69, 9.17) is 9.47 Å². The first kappa shape index (κ1) is 9.98. The lowest BCUT2D eigenvalue weighted by molar-refractivity contribution is -0.133. The number of rotatable bonds is 2. The minimum Gasteiger partial charge on any atom is -0.496 e. The minimum atomic E-state index is -0.112. The molecule has 1 aliphatic rings. The number of methoxy groups -OCH3 is 1. The van der Waals surface area contributed by atoms with Gasteiger partial charge < -0.3 is 14.8 Å². The number of para-hydroxylation sites is 1. The highest BCUT2D eigenvalue weighted by Gasteiger charge is 2.22. The molecular weight excluding hydrogens is 194 g/mol. The van der Waals surface area contributed by atoms with Crippen LogP contribution in [0.4, 0.5) is 0 Å². The molecule has 1 aliphatic heterocycles. The topological polar surface area (TPSA) is 47.6 Å². The first-order valence-electron chi connectivity index (χ1n) is 4.82. The van der Waals surface area contributed by atoms with E-state index in [2.05, 4.69) is 5.32 Å². The maximum Gasteiger partial charge on any atom is 0.246 e. The Morgan fingerprint density at radius 1 is 1.47 bits per heavy atom. The van der Waals surface area contributed by atoms with Gasteiger partial charge in [-0.15, -0.1) is 0 Å². The molecule has 1 saturated heterocycles. The number of benzene rings is 1. The maximum absolute atomic E-state index is 10.9. The van der Waals surface area contributed by atoms with E-state index in [1.54, 1.807) is 7.11 Å². The van der Waals surface area contributed by atoms with E-state index in [1.807, 2.05) is 24.3 Å². The molecule has 0 unspecified atom stereocenters. The standard InChI is InChI=1S/C11H13NO3/c1-14-9-5-3-2-4-8(9)10-6-12-11(13)7-15-10/h2-5,10H,6-7H2,1H3,(H,12,13)/t10-/m1/s1. The highest BCUT2D eigenvalue weighted by molar-refractivity contribution is 5.77. The number of ether oxygens (including phenoxy) is 2. The molecule has 1 aromatic carbocycles. The van der Waals surface area contributed by atoms with Gasteiger partial charge in [0.25, 0.3) is 0 Å². The van der Waals surface area contributed by atoms with Gasteiger partial charge in [0.15, 0.2) is 0 Å². The summed E-state index contributed by atoms with van der Waals surface area (Å²) in [5.41, 5.74) is 0.972. The Hall–Kier alpha value is -1.55. The second-order valence-electron chi connectivity index (χ2n) is 3.35. The fourth-order valence-corrected chi connectivity index (χ4v) is 1.62. The minimum absolute atomic E-state index is 0.0684. The molecular formula is C11H13NO3. The molecule has 2 rings (SSSR count). The summed E-state index contributed by atoms with van der Waals surface area (Å²) in [4.78, 5) is 10.9. The third-order valence-corrected chi connectivity index (χ3v) is 2.39. The van der Waals surface area contributed by atoms with Crippen LogP contribution in [0, 0.1) is 0 Å². The third-order valence-electron chi connectivity index (χ3n) is 2.39. The SMILES string of the molecule is COc1ccccc1[C@H]1CNC(=O)CO1. The Kier molecular flexibility index (Phi) is 2.87. The van der Waals surface area contributed by atoms with Crippen LogP contribution in [-0.4, -0.2) is 26.2 Å². The van der Waals surface area contributed by atoms with Crippen LogP contribution in [0.2, 0.25) is 0 Å². The Labute approximate surface area is 88.2 Å². The lowest BCUT2D eigenvalue weighted by atomic mass is 10.1. The van der Waals surface area contributed by atoms with Crippen LogP contribution in [0.3, 0.4) is 0 Å². The summed E-state index contributed by atoms with van der Waals surface area (Å²) in [6.07, 6.45) is -0.112. The molecule has 0 saturated carbocycles.